The summed E-state index contributed by atoms with van der Waals surface area (Å²) in [5.41, 5.74) is 2.24. The number of ether oxygens (including phenoxy) is 1. The van der Waals surface area contributed by atoms with Crippen LogP contribution in [-0.2, 0) is 6.54 Å². The van der Waals surface area contributed by atoms with Crippen molar-refractivity contribution in [3.63, 3.8) is 0 Å². The van der Waals surface area contributed by atoms with Crippen molar-refractivity contribution in [2.45, 2.75) is 40.3 Å². The molecule has 0 aliphatic rings. The SMILES string of the molecule is C#CCNC(=NCc1ccc(C)cc1OC(C)C)NCC. The molecular formula is C17H25N3O. The van der Waals surface area contributed by atoms with E-state index in [0.29, 0.717) is 19.0 Å². The van der Waals surface area contributed by atoms with Crippen LogP contribution in [0.2, 0.25) is 0 Å². The summed E-state index contributed by atoms with van der Waals surface area (Å²) in [6.07, 6.45) is 5.40. The molecule has 114 valence electrons. The van der Waals surface area contributed by atoms with Crippen molar-refractivity contribution in [2.24, 2.45) is 4.99 Å². The van der Waals surface area contributed by atoms with Gasteiger partial charge in [0, 0.05) is 12.1 Å². The maximum Gasteiger partial charge on any atom is 0.192 e. The standard InChI is InChI=1S/C17H25N3O/c1-6-10-19-17(18-7-2)20-12-15-9-8-14(5)11-16(15)21-13(3)4/h1,8-9,11,13H,7,10,12H2,2-5H3,(H2,18,19,20). The minimum Gasteiger partial charge on any atom is -0.491 e. The molecule has 1 aromatic carbocycles. The largest absolute Gasteiger partial charge is 0.491 e. The van der Waals surface area contributed by atoms with Gasteiger partial charge in [0.2, 0.25) is 0 Å². The number of hydrogen-bond acceptors (Lipinski definition) is 2. The number of hydrogen-bond donors (Lipinski definition) is 2. The van der Waals surface area contributed by atoms with E-state index in [4.69, 9.17) is 11.2 Å². The highest BCUT2D eigenvalue weighted by atomic mass is 16.5. The molecule has 0 unspecified atom stereocenters. The average molecular weight is 287 g/mol. The molecule has 0 saturated carbocycles. The van der Waals surface area contributed by atoms with Crippen molar-refractivity contribution < 1.29 is 4.74 Å². The quantitative estimate of drug-likeness (QED) is 0.480. The van der Waals surface area contributed by atoms with E-state index in [-0.39, 0.29) is 6.10 Å². The second-order valence-corrected chi connectivity index (χ2v) is 5.03. The molecule has 0 radical (unpaired) electrons. The average Bonchev–Trinajstić information content (AvgIpc) is 2.43. The second-order valence-electron chi connectivity index (χ2n) is 5.03. The molecule has 1 rings (SSSR count). The van der Waals surface area contributed by atoms with Crippen molar-refractivity contribution >= 4 is 5.96 Å². The first-order valence-corrected chi connectivity index (χ1v) is 7.28. The van der Waals surface area contributed by atoms with Gasteiger partial charge in [0.25, 0.3) is 0 Å². The van der Waals surface area contributed by atoms with E-state index in [1.54, 1.807) is 0 Å². The Hall–Kier alpha value is -2.15. The van der Waals surface area contributed by atoms with Gasteiger partial charge >= 0.3 is 0 Å². The van der Waals surface area contributed by atoms with Gasteiger partial charge in [-0.15, -0.1) is 6.42 Å². The first-order chi connectivity index (χ1) is 10.1. The number of nitrogens with zero attached hydrogens (tertiary/aromatic N) is 1. The van der Waals surface area contributed by atoms with Gasteiger partial charge in [0.15, 0.2) is 5.96 Å². The highest BCUT2D eigenvalue weighted by molar-refractivity contribution is 5.80. The lowest BCUT2D eigenvalue weighted by Gasteiger charge is -2.15. The number of nitrogens with one attached hydrogen (secondary N) is 2. The topological polar surface area (TPSA) is 45.7 Å². The summed E-state index contributed by atoms with van der Waals surface area (Å²) in [7, 11) is 0. The Morgan fingerprint density at radius 3 is 2.76 bits per heavy atom. The summed E-state index contributed by atoms with van der Waals surface area (Å²) < 4.78 is 5.86. The molecule has 0 aliphatic carbocycles. The van der Waals surface area contributed by atoms with Crippen molar-refractivity contribution in [1.82, 2.24) is 10.6 Å². The zero-order chi connectivity index (χ0) is 15.7. The lowest BCUT2D eigenvalue weighted by molar-refractivity contribution is 0.240. The van der Waals surface area contributed by atoms with E-state index >= 15 is 0 Å². The van der Waals surface area contributed by atoms with E-state index in [9.17, 15) is 0 Å². The lowest BCUT2D eigenvalue weighted by Crippen LogP contribution is -2.37. The number of aryl methyl sites for hydroxylation is 1. The van der Waals surface area contributed by atoms with Gasteiger partial charge in [0.05, 0.1) is 19.2 Å². The Morgan fingerprint density at radius 1 is 1.38 bits per heavy atom. The molecule has 4 heteroatoms. The zero-order valence-corrected chi connectivity index (χ0v) is 13.4. The molecule has 21 heavy (non-hydrogen) atoms. The van der Waals surface area contributed by atoms with Gasteiger partial charge in [-0.05, 0) is 39.3 Å². The summed E-state index contributed by atoms with van der Waals surface area (Å²) in [6, 6.07) is 6.17. The van der Waals surface area contributed by atoms with E-state index in [2.05, 4.69) is 40.6 Å². The van der Waals surface area contributed by atoms with Crippen LogP contribution in [0.1, 0.15) is 31.9 Å². The monoisotopic (exact) mass is 287 g/mol. The summed E-state index contributed by atoms with van der Waals surface area (Å²) >= 11 is 0. The number of aliphatic imine (C=N–C) groups is 1. The van der Waals surface area contributed by atoms with Gasteiger partial charge < -0.3 is 15.4 Å². The van der Waals surface area contributed by atoms with Crippen LogP contribution >= 0.6 is 0 Å². The van der Waals surface area contributed by atoms with Gasteiger partial charge in [-0.25, -0.2) is 4.99 Å². The van der Waals surface area contributed by atoms with Crippen LogP contribution in [0.15, 0.2) is 23.2 Å². The predicted octanol–water partition coefficient (Wildman–Crippen LogP) is 2.47. The first-order valence-electron chi connectivity index (χ1n) is 7.28. The molecule has 0 atom stereocenters. The molecule has 1 aromatic rings. The Morgan fingerprint density at radius 2 is 2.14 bits per heavy atom. The van der Waals surface area contributed by atoms with Crippen molar-refractivity contribution in [2.75, 3.05) is 13.1 Å². The number of benzene rings is 1. The molecule has 0 aliphatic heterocycles. The van der Waals surface area contributed by atoms with Crippen molar-refractivity contribution in [3.05, 3.63) is 29.3 Å². The number of terminal acetylenes is 1. The summed E-state index contributed by atoms with van der Waals surface area (Å²) in [6.45, 7) is 9.91. The summed E-state index contributed by atoms with van der Waals surface area (Å²) in [5, 5.41) is 6.24. The Kier molecular flexibility index (Phi) is 7.17. The van der Waals surface area contributed by atoms with E-state index < -0.39 is 0 Å². The summed E-state index contributed by atoms with van der Waals surface area (Å²) in [5.74, 6) is 4.15. The third-order valence-corrected chi connectivity index (χ3v) is 2.69. The molecule has 0 amide bonds. The van der Waals surface area contributed by atoms with Crippen molar-refractivity contribution in [3.8, 4) is 18.1 Å². The van der Waals surface area contributed by atoms with Crippen LogP contribution < -0.4 is 15.4 Å². The van der Waals surface area contributed by atoms with Crippen LogP contribution in [0.5, 0.6) is 5.75 Å². The molecule has 0 bridgehead atoms. The maximum absolute atomic E-state index is 5.86. The number of guanidine groups is 1. The minimum atomic E-state index is 0.141. The fourth-order valence-corrected chi connectivity index (χ4v) is 1.80. The van der Waals surface area contributed by atoms with Gasteiger partial charge in [-0.2, -0.15) is 0 Å². The van der Waals surface area contributed by atoms with Gasteiger partial charge in [-0.1, -0.05) is 18.1 Å². The molecular weight excluding hydrogens is 262 g/mol. The zero-order valence-electron chi connectivity index (χ0n) is 13.4. The normalized spacial score (nSPS) is 11.1. The fraction of sp³-hybridized carbons (Fsp3) is 0.471. The van der Waals surface area contributed by atoms with Gasteiger partial charge in [-0.3, -0.25) is 0 Å². The minimum absolute atomic E-state index is 0.141. The van der Waals surface area contributed by atoms with E-state index in [1.165, 1.54) is 5.56 Å². The Bertz CT molecular complexity index is 515. The molecule has 0 spiro atoms. The first kappa shape index (κ1) is 16.9. The highest BCUT2D eigenvalue weighted by Crippen LogP contribution is 2.22. The van der Waals surface area contributed by atoms with Crippen LogP contribution in [0, 0.1) is 19.3 Å². The third kappa shape index (κ3) is 6.22. The Balaban J connectivity index is 2.86. The lowest BCUT2D eigenvalue weighted by atomic mass is 10.1. The molecule has 0 saturated heterocycles. The molecule has 2 N–H and O–H groups in total. The number of rotatable bonds is 6. The van der Waals surface area contributed by atoms with Crippen molar-refractivity contribution in [1.29, 1.82) is 0 Å². The van der Waals surface area contributed by atoms with Crippen LogP contribution in [0.4, 0.5) is 0 Å². The van der Waals surface area contributed by atoms with E-state index in [1.807, 2.05) is 26.8 Å². The third-order valence-electron chi connectivity index (χ3n) is 2.69. The van der Waals surface area contributed by atoms with Crippen LogP contribution in [0.25, 0.3) is 0 Å². The Labute approximate surface area is 128 Å². The predicted molar refractivity (Wildman–Crippen MR) is 88.6 cm³/mol. The van der Waals surface area contributed by atoms with Crippen LogP contribution in [0.3, 0.4) is 0 Å². The smallest absolute Gasteiger partial charge is 0.192 e. The highest BCUT2D eigenvalue weighted by Gasteiger charge is 2.06. The van der Waals surface area contributed by atoms with Crippen LogP contribution in [-0.4, -0.2) is 25.2 Å². The van der Waals surface area contributed by atoms with Gasteiger partial charge in [0.1, 0.15) is 5.75 Å². The fourth-order valence-electron chi connectivity index (χ4n) is 1.80. The summed E-state index contributed by atoms with van der Waals surface area (Å²) in [4.78, 5) is 4.54. The molecule has 0 aromatic heterocycles. The maximum atomic E-state index is 5.86. The second kappa shape index (κ2) is 8.91. The van der Waals surface area contributed by atoms with E-state index in [0.717, 1.165) is 17.9 Å². The molecule has 4 nitrogen and oxygen atoms in total. The molecule has 0 fully saturated rings. The molecule has 0 heterocycles.